The molecule has 1 amide bonds. The highest BCUT2D eigenvalue weighted by Gasteiger charge is 2.20. The quantitative estimate of drug-likeness (QED) is 0.392. The van der Waals surface area contributed by atoms with Gasteiger partial charge in [-0.2, -0.15) is 5.10 Å². The smallest absolute Gasteiger partial charge is 0.315 e. The lowest BCUT2D eigenvalue weighted by Crippen LogP contribution is -2.25. The summed E-state index contributed by atoms with van der Waals surface area (Å²) in [5, 5.41) is 34.4. The average Bonchev–Trinajstić information content (AvgIpc) is 2.64. The van der Waals surface area contributed by atoms with Gasteiger partial charge in [-0.3, -0.25) is 14.9 Å². The molecule has 2 aromatic carbocycles. The Morgan fingerprint density at radius 3 is 2.69 bits per heavy atom. The molecule has 3 N–H and O–H groups in total. The summed E-state index contributed by atoms with van der Waals surface area (Å²) >= 11 is 0. The number of hydrogen-bond acceptors (Lipinski definition) is 7. The number of nitrogens with zero attached hydrogens (tertiary/aromatic N) is 2. The van der Waals surface area contributed by atoms with Crippen molar-refractivity contribution in [2.45, 2.75) is 13.0 Å². The predicted molar refractivity (Wildman–Crippen MR) is 93.1 cm³/mol. The Balaban J connectivity index is 2.14. The van der Waals surface area contributed by atoms with Crippen LogP contribution in [0.3, 0.4) is 0 Å². The fourth-order valence-corrected chi connectivity index (χ4v) is 2.11. The first kappa shape index (κ1) is 18.9. The number of aliphatic hydroxyl groups is 1. The summed E-state index contributed by atoms with van der Waals surface area (Å²) in [6, 6.07) is 10.7. The first-order valence-corrected chi connectivity index (χ1v) is 7.64. The van der Waals surface area contributed by atoms with E-state index in [-0.39, 0.29) is 17.9 Å². The van der Waals surface area contributed by atoms with E-state index < -0.39 is 28.4 Å². The lowest BCUT2D eigenvalue weighted by Gasteiger charge is -2.09. The van der Waals surface area contributed by atoms with Crippen LogP contribution in [0.25, 0.3) is 0 Å². The summed E-state index contributed by atoms with van der Waals surface area (Å²) in [6.45, 7) is 1.86. The molecular formula is C17H17N3O6. The molecule has 0 heterocycles. The zero-order valence-corrected chi connectivity index (χ0v) is 13.8. The van der Waals surface area contributed by atoms with E-state index in [0.29, 0.717) is 5.56 Å². The van der Waals surface area contributed by atoms with Gasteiger partial charge >= 0.3 is 5.69 Å². The van der Waals surface area contributed by atoms with Gasteiger partial charge in [0.25, 0.3) is 5.91 Å². The van der Waals surface area contributed by atoms with E-state index in [1.54, 1.807) is 37.3 Å². The summed E-state index contributed by atoms with van der Waals surface area (Å²) in [4.78, 5) is 22.1. The van der Waals surface area contributed by atoms with Crippen LogP contribution >= 0.6 is 0 Å². The van der Waals surface area contributed by atoms with Crippen LogP contribution in [0.5, 0.6) is 11.5 Å². The Hall–Kier alpha value is -3.46. The molecule has 0 aliphatic carbocycles. The molecule has 0 bridgehead atoms. The van der Waals surface area contributed by atoms with Crippen LogP contribution in [0.1, 0.15) is 24.2 Å². The zero-order chi connectivity index (χ0) is 19.1. The lowest BCUT2D eigenvalue weighted by atomic mass is 10.1. The number of rotatable bonds is 7. The number of nitro groups is 1. The Labute approximate surface area is 148 Å². The maximum absolute atomic E-state index is 11.9. The van der Waals surface area contributed by atoms with Crippen molar-refractivity contribution < 1.29 is 24.7 Å². The first-order chi connectivity index (χ1) is 12.4. The molecule has 0 unspecified atom stereocenters. The molecule has 136 valence electrons. The summed E-state index contributed by atoms with van der Waals surface area (Å²) in [6.07, 6.45) is -0.258. The maximum Gasteiger partial charge on any atom is 0.315 e. The van der Waals surface area contributed by atoms with Gasteiger partial charge in [0.1, 0.15) is 0 Å². The molecule has 0 radical (unpaired) electrons. The molecule has 2 aromatic rings. The third kappa shape index (κ3) is 4.54. The molecule has 9 nitrogen and oxygen atoms in total. The molecule has 2 rings (SSSR count). The third-order valence-corrected chi connectivity index (χ3v) is 3.33. The van der Waals surface area contributed by atoms with E-state index in [2.05, 4.69) is 10.5 Å². The number of ether oxygens (including phenoxy) is 1. The van der Waals surface area contributed by atoms with Crippen LogP contribution < -0.4 is 10.2 Å². The Morgan fingerprint density at radius 1 is 1.38 bits per heavy atom. The molecule has 0 aliphatic rings. The van der Waals surface area contributed by atoms with Crippen molar-refractivity contribution in [2.75, 3.05) is 6.61 Å². The van der Waals surface area contributed by atoms with Gasteiger partial charge in [-0.05, 0) is 18.6 Å². The number of hydrazone groups is 1. The van der Waals surface area contributed by atoms with Crippen LogP contribution in [0, 0.1) is 10.1 Å². The van der Waals surface area contributed by atoms with Gasteiger partial charge in [-0.25, -0.2) is 5.43 Å². The van der Waals surface area contributed by atoms with E-state index in [1.165, 1.54) is 6.07 Å². The molecular weight excluding hydrogens is 342 g/mol. The molecule has 0 saturated carbocycles. The molecule has 26 heavy (non-hydrogen) atoms. The fourth-order valence-electron chi connectivity index (χ4n) is 2.11. The van der Waals surface area contributed by atoms with Crippen molar-refractivity contribution in [3.05, 3.63) is 63.7 Å². The maximum atomic E-state index is 11.9. The minimum absolute atomic E-state index is 0.0706. The molecule has 0 saturated heterocycles. The Bertz CT molecular complexity index is 823. The predicted octanol–water partition coefficient (Wildman–Crippen LogP) is 1.88. The molecule has 0 aromatic heterocycles. The monoisotopic (exact) mass is 359 g/mol. The number of phenols is 1. The second-order valence-corrected chi connectivity index (χ2v) is 5.12. The number of hydrogen-bond donors (Lipinski definition) is 3. The van der Waals surface area contributed by atoms with E-state index >= 15 is 0 Å². The van der Waals surface area contributed by atoms with Crippen LogP contribution in [-0.4, -0.2) is 33.9 Å². The summed E-state index contributed by atoms with van der Waals surface area (Å²) < 4.78 is 5.15. The molecule has 0 aliphatic heterocycles. The standard InChI is InChI=1S/C17H17N3O6/c1-2-26-14-9-11(8-13(16(14)22)20(24)25)10-18-19-17(23)15(21)12-6-4-3-5-7-12/h3-10,15,21-22H,2H2,1H3,(H,19,23)/b18-10-/t15-/m0/s1. The van der Waals surface area contributed by atoms with Crippen LogP contribution in [0.4, 0.5) is 5.69 Å². The van der Waals surface area contributed by atoms with Gasteiger partial charge in [-0.1, -0.05) is 30.3 Å². The number of phenolic OH excluding ortho intramolecular Hbond substituents is 1. The number of aromatic hydroxyl groups is 1. The van der Waals surface area contributed by atoms with Crippen molar-refractivity contribution in [2.24, 2.45) is 5.10 Å². The highest BCUT2D eigenvalue weighted by atomic mass is 16.6. The minimum Gasteiger partial charge on any atom is -0.500 e. The Kier molecular flexibility index (Phi) is 6.23. The molecule has 0 spiro atoms. The van der Waals surface area contributed by atoms with Crippen LogP contribution in [-0.2, 0) is 4.79 Å². The van der Waals surface area contributed by atoms with Gasteiger partial charge in [0.2, 0.25) is 5.75 Å². The highest BCUT2D eigenvalue weighted by Crippen LogP contribution is 2.36. The SMILES string of the molecule is CCOc1cc(/C=N\NC(=O)[C@@H](O)c2ccccc2)cc([N+](=O)[O-])c1O. The molecule has 1 atom stereocenters. The number of benzene rings is 2. The molecule has 0 fully saturated rings. The van der Waals surface area contributed by atoms with Crippen molar-refractivity contribution in [1.82, 2.24) is 5.43 Å². The highest BCUT2D eigenvalue weighted by molar-refractivity contribution is 5.86. The number of carbonyl (C=O) groups is 1. The zero-order valence-electron chi connectivity index (χ0n) is 13.8. The van der Waals surface area contributed by atoms with Gasteiger partial charge in [-0.15, -0.1) is 0 Å². The number of nitrogens with one attached hydrogen (secondary N) is 1. The van der Waals surface area contributed by atoms with Crippen molar-refractivity contribution in [3.8, 4) is 11.5 Å². The van der Waals surface area contributed by atoms with Gasteiger partial charge in [0, 0.05) is 11.6 Å². The topological polar surface area (TPSA) is 134 Å². The van der Waals surface area contributed by atoms with Gasteiger partial charge in [0.15, 0.2) is 11.9 Å². The average molecular weight is 359 g/mol. The second-order valence-electron chi connectivity index (χ2n) is 5.12. The summed E-state index contributed by atoms with van der Waals surface area (Å²) in [7, 11) is 0. The number of nitro benzene ring substituents is 1. The van der Waals surface area contributed by atoms with Crippen molar-refractivity contribution in [3.63, 3.8) is 0 Å². The van der Waals surface area contributed by atoms with E-state index in [4.69, 9.17) is 4.74 Å². The number of carbonyl (C=O) groups excluding carboxylic acids is 1. The summed E-state index contributed by atoms with van der Waals surface area (Å²) in [5.41, 5.74) is 2.23. The normalized spacial score (nSPS) is 11.9. The van der Waals surface area contributed by atoms with E-state index in [1.807, 2.05) is 0 Å². The van der Waals surface area contributed by atoms with Crippen molar-refractivity contribution in [1.29, 1.82) is 0 Å². The number of aliphatic hydroxyl groups excluding tert-OH is 1. The van der Waals surface area contributed by atoms with Crippen LogP contribution in [0.15, 0.2) is 47.6 Å². The third-order valence-electron chi connectivity index (χ3n) is 3.33. The summed E-state index contributed by atoms with van der Waals surface area (Å²) in [5.74, 6) is -1.41. The second kappa shape index (κ2) is 8.58. The lowest BCUT2D eigenvalue weighted by molar-refractivity contribution is -0.386. The van der Waals surface area contributed by atoms with Gasteiger partial charge in [0.05, 0.1) is 17.7 Å². The van der Waals surface area contributed by atoms with Crippen molar-refractivity contribution >= 4 is 17.8 Å². The van der Waals surface area contributed by atoms with E-state index in [9.17, 15) is 25.1 Å². The minimum atomic E-state index is -1.40. The fraction of sp³-hybridized carbons (Fsp3) is 0.176. The first-order valence-electron chi connectivity index (χ1n) is 7.64. The number of amides is 1. The van der Waals surface area contributed by atoms with E-state index in [0.717, 1.165) is 12.3 Å². The van der Waals surface area contributed by atoms with Gasteiger partial charge < -0.3 is 14.9 Å². The molecule has 9 heteroatoms. The Morgan fingerprint density at radius 2 is 2.08 bits per heavy atom. The largest absolute Gasteiger partial charge is 0.500 e. The van der Waals surface area contributed by atoms with Crippen LogP contribution in [0.2, 0.25) is 0 Å².